The highest BCUT2D eigenvalue weighted by Gasteiger charge is 2.27. The summed E-state index contributed by atoms with van der Waals surface area (Å²) in [5.74, 6) is -0.776. The molecule has 2 aromatic carbocycles. The van der Waals surface area contributed by atoms with Gasteiger partial charge in [-0.3, -0.25) is 14.4 Å². The van der Waals surface area contributed by atoms with Gasteiger partial charge in [0.05, 0.1) is 11.4 Å². The molecule has 1 aliphatic carbocycles. The molecule has 0 aromatic heterocycles. The number of hydrogen-bond acceptors (Lipinski definition) is 5. The van der Waals surface area contributed by atoms with E-state index in [0.29, 0.717) is 30.8 Å². The first-order chi connectivity index (χ1) is 16.2. The summed E-state index contributed by atoms with van der Waals surface area (Å²) in [5.41, 5.74) is 1.08. The first-order valence-corrected chi connectivity index (χ1v) is 12.7. The van der Waals surface area contributed by atoms with Gasteiger partial charge in [0.2, 0.25) is 27.7 Å². The molecule has 0 bridgehead atoms. The lowest BCUT2D eigenvalue weighted by Gasteiger charge is -2.27. The van der Waals surface area contributed by atoms with E-state index in [-0.39, 0.29) is 41.0 Å². The van der Waals surface area contributed by atoms with Crippen LogP contribution in [-0.4, -0.2) is 39.2 Å². The number of nitrogens with one attached hydrogen (secondary N) is 4. The third-order valence-corrected chi connectivity index (χ3v) is 7.16. The van der Waals surface area contributed by atoms with Crippen LogP contribution in [0.5, 0.6) is 0 Å². The third-order valence-electron chi connectivity index (χ3n) is 5.72. The number of amides is 3. The molecule has 1 fully saturated rings. The Kier molecular flexibility index (Phi) is 8.78. The second-order valence-electron chi connectivity index (χ2n) is 8.41. The van der Waals surface area contributed by atoms with Crippen molar-refractivity contribution >= 4 is 39.1 Å². The highest BCUT2D eigenvalue weighted by molar-refractivity contribution is 7.89. The zero-order valence-corrected chi connectivity index (χ0v) is 19.9. The lowest BCUT2D eigenvalue weighted by Crippen LogP contribution is -2.39. The van der Waals surface area contributed by atoms with Gasteiger partial charge in [0.1, 0.15) is 0 Å². The Morgan fingerprint density at radius 3 is 2.18 bits per heavy atom. The van der Waals surface area contributed by atoms with Crippen LogP contribution in [0.25, 0.3) is 0 Å². The molecule has 2 aromatic rings. The standard InChI is InChI=1S/C24H30N4O5S/c1-17(29)27-20-6-5-7-21(14-20)28-23(30)16-25-24(31)19-12-10-18(11-13-19)15-26-34(32,33)22-8-3-2-4-9-22/h2-9,14,18-19,26H,10-13,15-16H2,1H3,(H,25,31)(H,27,29)(H,28,30). The summed E-state index contributed by atoms with van der Waals surface area (Å²) in [6, 6.07) is 15.0. The number of benzene rings is 2. The van der Waals surface area contributed by atoms with E-state index in [9.17, 15) is 22.8 Å². The second-order valence-corrected chi connectivity index (χ2v) is 10.2. The van der Waals surface area contributed by atoms with E-state index >= 15 is 0 Å². The summed E-state index contributed by atoms with van der Waals surface area (Å²) in [4.78, 5) is 36.1. The summed E-state index contributed by atoms with van der Waals surface area (Å²) >= 11 is 0. The second kappa shape index (κ2) is 11.8. The Bertz CT molecular complexity index is 1110. The van der Waals surface area contributed by atoms with Crippen molar-refractivity contribution in [3.63, 3.8) is 0 Å². The molecule has 0 saturated heterocycles. The van der Waals surface area contributed by atoms with Crippen LogP contribution in [0.15, 0.2) is 59.5 Å². The van der Waals surface area contributed by atoms with E-state index in [0.717, 1.165) is 12.8 Å². The number of carbonyl (C=O) groups is 3. The smallest absolute Gasteiger partial charge is 0.243 e. The van der Waals surface area contributed by atoms with Gasteiger partial charge < -0.3 is 16.0 Å². The lowest BCUT2D eigenvalue weighted by molar-refractivity contribution is -0.128. The molecule has 10 heteroatoms. The molecule has 0 atom stereocenters. The summed E-state index contributed by atoms with van der Waals surface area (Å²) in [7, 11) is -3.54. The monoisotopic (exact) mass is 486 g/mol. The van der Waals surface area contributed by atoms with E-state index < -0.39 is 10.0 Å². The summed E-state index contributed by atoms with van der Waals surface area (Å²) < 4.78 is 27.4. The Hall–Kier alpha value is -3.24. The van der Waals surface area contributed by atoms with Gasteiger partial charge in [0, 0.05) is 30.8 Å². The lowest BCUT2D eigenvalue weighted by atomic mass is 9.81. The van der Waals surface area contributed by atoms with Crippen LogP contribution in [0.4, 0.5) is 11.4 Å². The molecule has 9 nitrogen and oxygen atoms in total. The number of rotatable bonds is 9. The first kappa shape index (κ1) is 25.4. The maximum Gasteiger partial charge on any atom is 0.243 e. The highest BCUT2D eigenvalue weighted by Crippen LogP contribution is 2.29. The van der Waals surface area contributed by atoms with Crippen LogP contribution < -0.4 is 20.7 Å². The normalized spacial score (nSPS) is 18.0. The van der Waals surface area contributed by atoms with Crippen molar-refractivity contribution in [1.29, 1.82) is 0 Å². The minimum atomic E-state index is -3.54. The van der Waals surface area contributed by atoms with Crippen LogP contribution in [0.2, 0.25) is 0 Å². The van der Waals surface area contributed by atoms with Gasteiger partial charge in [-0.15, -0.1) is 0 Å². The zero-order chi connectivity index (χ0) is 24.6. The highest BCUT2D eigenvalue weighted by atomic mass is 32.2. The number of anilines is 2. The minimum Gasteiger partial charge on any atom is -0.347 e. The Morgan fingerprint density at radius 2 is 1.53 bits per heavy atom. The van der Waals surface area contributed by atoms with E-state index in [2.05, 4.69) is 20.7 Å². The number of sulfonamides is 1. The summed E-state index contributed by atoms with van der Waals surface area (Å²) in [5, 5.41) is 8.02. The fourth-order valence-electron chi connectivity index (χ4n) is 3.93. The molecular weight excluding hydrogens is 456 g/mol. The average molecular weight is 487 g/mol. The van der Waals surface area contributed by atoms with Crippen LogP contribution in [-0.2, 0) is 24.4 Å². The van der Waals surface area contributed by atoms with Crippen molar-refractivity contribution in [2.45, 2.75) is 37.5 Å². The van der Waals surface area contributed by atoms with Crippen molar-refractivity contribution in [3.05, 3.63) is 54.6 Å². The van der Waals surface area contributed by atoms with Gasteiger partial charge in [-0.25, -0.2) is 13.1 Å². The average Bonchev–Trinajstić information content (AvgIpc) is 2.82. The summed E-state index contributed by atoms with van der Waals surface area (Å²) in [6.07, 6.45) is 2.75. The Morgan fingerprint density at radius 1 is 0.882 bits per heavy atom. The third kappa shape index (κ3) is 7.67. The quantitative estimate of drug-likeness (QED) is 0.432. The van der Waals surface area contributed by atoms with Crippen LogP contribution in [0, 0.1) is 11.8 Å². The van der Waals surface area contributed by atoms with Crippen molar-refractivity contribution in [2.75, 3.05) is 23.7 Å². The minimum absolute atomic E-state index is 0.153. The molecule has 0 unspecified atom stereocenters. The topological polar surface area (TPSA) is 133 Å². The van der Waals surface area contributed by atoms with Crippen molar-refractivity contribution in [3.8, 4) is 0 Å². The molecule has 0 spiro atoms. The maximum atomic E-state index is 12.5. The maximum absolute atomic E-state index is 12.5. The fraction of sp³-hybridized carbons (Fsp3) is 0.375. The van der Waals surface area contributed by atoms with Gasteiger partial charge in [-0.2, -0.15) is 0 Å². The van der Waals surface area contributed by atoms with Gasteiger partial charge in [-0.1, -0.05) is 24.3 Å². The first-order valence-electron chi connectivity index (χ1n) is 11.2. The molecule has 1 saturated carbocycles. The molecule has 34 heavy (non-hydrogen) atoms. The van der Waals surface area contributed by atoms with Crippen molar-refractivity contribution in [2.24, 2.45) is 11.8 Å². The molecule has 0 radical (unpaired) electrons. The van der Waals surface area contributed by atoms with Crippen LogP contribution in [0.1, 0.15) is 32.6 Å². The van der Waals surface area contributed by atoms with Crippen LogP contribution >= 0.6 is 0 Å². The molecular formula is C24H30N4O5S. The number of carbonyl (C=O) groups excluding carboxylic acids is 3. The molecule has 4 N–H and O–H groups in total. The molecule has 3 rings (SSSR count). The number of hydrogen-bond donors (Lipinski definition) is 4. The van der Waals surface area contributed by atoms with E-state index in [4.69, 9.17) is 0 Å². The SMILES string of the molecule is CC(=O)Nc1cccc(NC(=O)CNC(=O)C2CCC(CNS(=O)(=O)c3ccccc3)CC2)c1. The van der Waals surface area contributed by atoms with Crippen molar-refractivity contribution in [1.82, 2.24) is 10.0 Å². The van der Waals surface area contributed by atoms with Gasteiger partial charge >= 0.3 is 0 Å². The van der Waals surface area contributed by atoms with E-state index in [1.807, 2.05) is 0 Å². The van der Waals surface area contributed by atoms with Crippen molar-refractivity contribution < 1.29 is 22.8 Å². The van der Waals surface area contributed by atoms with E-state index in [1.54, 1.807) is 54.6 Å². The molecule has 1 aliphatic rings. The van der Waals surface area contributed by atoms with E-state index in [1.165, 1.54) is 6.92 Å². The predicted octanol–water partition coefficient (Wildman–Crippen LogP) is 2.48. The molecule has 0 aliphatic heterocycles. The van der Waals surface area contributed by atoms with Gasteiger partial charge in [0.15, 0.2) is 0 Å². The largest absolute Gasteiger partial charge is 0.347 e. The van der Waals surface area contributed by atoms with Crippen LogP contribution in [0.3, 0.4) is 0 Å². The fourth-order valence-corrected chi connectivity index (χ4v) is 5.07. The Balaban J connectivity index is 1.38. The predicted molar refractivity (Wildman–Crippen MR) is 129 cm³/mol. The molecule has 182 valence electrons. The van der Waals surface area contributed by atoms with Gasteiger partial charge in [0.25, 0.3) is 0 Å². The zero-order valence-electron chi connectivity index (χ0n) is 19.0. The molecule has 3 amide bonds. The Labute approximate surface area is 199 Å². The summed E-state index contributed by atoms with van der Waals surface area (Å²) in [6.45, 7) is 1.59. The van der Waals surface area contributed by atoms with Gasteiger partial charge in [-0.05, 0) is 61.9 Å². The molecule has 0 heterocycles.